The van der Waals surface area contributed by atoms with Gasteiger partial charge in [0.05, 0.1) is 11.7 Å². The number of hydrogen-bond acceptors (Lipinski definition) is 3. The van der Waals surface area contributed by atoms with Crippen LogP contribution in [0.5, 0.6) is 0 Å². The molecule has 5 nitrogen and oxygen atoms in total. The molecule has 2 aromatic heterocycles. The van der Waals surface area contributed by atoms with Crippen LogP contribution in [0.1, 0.15) is 28.9 Å². The summed E-state index contributed by atoms with van der Waals surface area (Å²) in [7, 11) is 0. The summed E-state index contributed by atoms with van der Waals surface area (Å²) in [4.78, 5) is 16.6. The standard InChI is InChI=1S/C15H18N4O/c1-9-2-11-6-17-14(8-19(11)7-9)15(20)18-13-4-10-3-12(13)16-5-10/h2,6-8,10,12-13,16H,3-5H2,1H3,(H,18,20). The molecule has 2 bridgehead atoms. The molecule has 3 atom stereocenters. The lowest BCUT2D eigenvalue weighted by atomic mass is 10.1. The molecule has 4 rings (SSSR count). The lowest BCUT2D eigenvalue weighted by molar-refractivity contribution is 0.0923. The van der Waals surface area contributed by atoms with Crippen LogP contribution in [-0.2, 0) is 0 Å². The molecule has 1 saturated carbocycles. The molecule has 0 spiro atoms. The maximum Gasteiger partial charge on any atom is 0.271 e. The SMILES string of the molecule is Cc1cc2cnc(C(=O)NC3CC4CNC3C4)cn2c1. The summed E-state index contributed by atoms with van der Waals surface area (Å²) < 4.78 is 1.95. The predicted octanol–water partition coefficient (Wildman–Crippen LogP) is 1.12. The Bertz CT molecular complexity index is 678. The van der Waals surface area contributed by atoms with Crippen LogP contribution in [-0.4, -0.2) is 33.9 Å². The van der Waals surface area contributed by atoms with E-state index in [1.807, 2.05) is 17.5 Å². The summed E-state index contributed by atoms with van der Waals surface area (Å²) in [6, 6.07) is 2.75. The van der Waals surface area contributed by atoms with Crippen LogP contribution in [0, 0.1) is 12.8 Å². The number of hydrogen-bond donors (Lipinski definition) is 2. The van der Waals surface area contributed by atoms with E-state index >= 15 is 0 Å². The summed E-state index contributed by atoms with van der Waals surface area (Å²) in [5.41, 5.74) is 2.66. The third kappa shape index (κ3) is 1.89. The molecular weight excluding hydrogens is 252 g/mol. The number of aromatic nitrogens is 2. The van der Waals surface area contributed by atoms with Crippen LogP contribution in [0.15, 0.2) is 24.7 Å². The molecule has 0 aromatic carbocycles. The second-order valence-corrected chi connectivity index (χ2v) is 6.05. The van der Waals surface area contributed by atoms with Crippen molar-refractivity contribution >= 4 is 11.4 Å². The van der Waals surface area contributed by atoms with Crippen LogP contribution in [0.4, 0.5) is 0 Å². The molecule has 2 aromatic rings. The third-order valence-corrected chi connectivity index (χ3v) is 4.49. The summed E-state index contributed by atoms with van der Waals surface area (Å²) in [5.74, 6) is 0.658. The number of nitrogens with zero attached hydrogens (tertiary/aromatic N) is 2. The van der Waals surface area contributed by atoms with E-state index in [1.165, 1.54) is 12.0 Å². The average molecular weight is 270 g/mol. The van der Waals surface area contributed by atoms with Gasteiger partial charge in [0.15, 0.2) is 0 Å². The highest BCUT2D eigenvalue weighted by molar-refractivity contribution is 5.92. The van der Waals surface area contributed by atoms with Gasteiger partial charge in [0, 0.05) is 24.5 Å². The number of carbonyl (C=O) groups excluding carboxylic acids is 1. The van der Waals surface area contributed by atoms with E-state index in [9.17, 15) is 4.79 Å². The molecule has 3 unspecified atom stereocenters. The normalized spacial score (nSPS) is 28.1. The number of piperidine rings is 1. The molecule has 2 fully saturated rings. The first kappa shape index (κ1) is 11.9. The fourth-order valence-electron chi connectivity index (χ4n) is 3.53. The Kier molecular flexibility index (Phi) is 2.57. The highest BCUT2D eigenvalue weighted by Gasteiger charge is 2.40. The zero-order valence-electron chi connectivity index (χ0n) is 11.5. The van der Waals surface area contributed by atoms with E-state index in [0.717, 1.165) is 24.4 Å². The first-order valence-corrected chi connectivity index (χ1v) is 7.17. The lowest BCUT2D eigenvalue weighted by Crippen LogP contribution is -2.48. The summed E-state index contributed by atoms with van der Waals surface area (Å²) in [5, 5.41) is 6.58. The van der Waals surface area contributed by atoms with Gasteiger partial charge in [-0.3, -0.25) is 4.79 Å². The molecule has 20 heavy (non-hydrogen) atoms. The van der Waals surface area contributed by atoms with E-state index in [2.05, 4.69) is 21.7 Å². The minimum absolute atomic E-state index is 0.0717. The van der Waals surface area contributed by atoms with Crippen molar-refractivity contribution in [3.63, 3.8) is 0 Å². The van der Waals surface area contributed by atoms with E-state index in [4.69, 9.17) is 0 Å². The van der Waals surface area contributed by atoms with Crippen LogP contribution >= 0.6 is 0 Å². The number of nitrogens with one attached hydrogen (secondary N) is 2. The van der Waals surface area contributed by atoms with E-state index in [-0.39, 0.29) is 11.9 Å². The molecular formula is C15H18N4O. The largest absolute Gasteiger partial charge is 0.346 e. The van der Waals surface area contributed by atoms with E-state index < -0.39 is 0 Å². The Morgan fingerprint density at radius 2 is 2.35 bits per heavy atom. The minimum atomic E-state index is -0.0717. The van der Waals surface area contributed by atoms with Crippen LogP contribution < -0.4 is 10.6 Å². The van der Waals surface area contributed by atoms with Gasteiger partial charge in [0.1, 0.15) is 5.69 Å². The molecule has 1 saturated heterocycles. The van der Waals surface area contributed by atoms with Crippen LogP contribution in [0.2, 0.25) is 0 Å². The first-order chi connectivity index (χ1) is 9.69. The highest BCUT2D eigenvalue weighted by atomic mass is 16.2. The molecule has 2 aliphatic rings. The fraction of sp³-hybridized carbons (Fsp3) is 0.467. The van der Waals surface area contributed by atoms with Crippen molar-refractivity contribution in [3.05, 3.63) is 35.9 Å². The van der Waals surface area contributed by atoms with Crippen molar-refractivity contribution in [2.45, 2.75) is 31.8 Å². The number of carbonyl (C=O) groups is 1. The van der Waals surface area contributed by atoms with E-state index in [0.29, 0.717) is 11.7 Å². The Morgan fingerprint density at radius 3 is 3.10 bits per heavy atom. The van der Waals surface area contributed by atoms with Gasteiger partial charge in [-0.15, -0.1) is 0 Å². The quantitative estimate of drug-likeness (QED) is 0.860. The molecule has 5 heteroatoms. The summed E-state index contributed by atoms with van der Waals surface area (Å²) >= 11 is 0. The Balaban J connectivity index is 1.54. The molecule has 0 radical (unpaired) electrons. The van der Waals surface area contributed by atoms with Gasteiger partial charge < -0.3 is 15.0 Å². The minimum Gasteiger partial charge on any atom is -0.346 e. The molecule has 3 heterocycles. The molecule has 1 aliphatic heterocycles. The number of fused-ring (bicyclic) bond motifs is 3. The van der Waals surface area contributed by atoms with Gasteiger partial charge in [-0.2, -0.15) is 0 Å². The maximum atomic E-state index is 12.3. The van der Waals surface area contributed by atoms with Crippen LogP contribution in [0.25, 0.3) is 5.52 Å². The van der Waals surface area contributed by atoms with Crippen molar-refractivity contribution in [1.29, 1.82) is 0 Å². The molecule has 104 valence electrons. The third-order valence-electron chi connectivity index (χ3n) is 4.49. The first-order valence-electron chi connectivity index (χ1n) is 7.17. The van der Waals surface area contributed by atoms with Crippen molar-refractivity contribution in [3.8, 4) is 0 Å². The Morgan fingerprint density at radius 1 is 1.45 bits per heavy atom. The Labute approximate surface area is 117 Å². The van der Waals surface area contributed by atoms with Gasteiger partial charge in [0.2, 0.25) is 0 Å². The Hall–Kier alpha value is -1.88. The zero-order valence-corrected chi connectivity index (χ0v) is 11.5. The molecule has 2 N–H and O–H groups in total. The topological polar surface area (TPSA) is 58.4 Å². The van der Waals surface area contributed by atoms with Gasteiger partial charge in [-0.1, -0.05) is 0 Å². The highest BCUT2D eigenvalue weighted by Crippen LogP contribution is 2.31. The number of amides is 1. The van der Waals surface area contributed by atoms with Gasteiger partial charge in [-0.05, 0) is 43.9 Å². The summed E-state index contributed by atoms with van der Waals surface area (Å²) in [6.45, 7) is 3.14. The van der Waals surface area contributed by atoms with Crippen LogP contribution in [0.3, 0.4) is 0 Å². The zero-order chi connectivity index (χ0) is 13.7. The number of rotatable bonds is 2. The molecule has 1 amide bonds. The van der Waals surface area contributed by atoms with Crippen molar-refractivity contribution in [1.82, 2.24) is 20.0 Å². The lowest BCUT2D eigenvalue weighted by Gasteiger charge is -2.23. The smallest absolute Gasteiger partial charge is 0.271 e. The monoisotopic (exact) mass is 270 g/mol. The van der Waals surface area contributed by atoms with Gasteiger partial charge in [-0.25, -0.2) is 4.98 Å². The van der Waals surface area contributed by atoms with Crippen molar-refractivity contribution in [2.75, 3.05) is 6.54 Å². The van der Waals surface area contributed by atoms with Gasteiger partial charge in [0.25, 0.3) is 5.91 Å². The fourth-order valence-corrected chi connectivity index (χ4v) is 3.53. The molecule has 1 aliphatic carbocycles. The van der Waals surface area contributed by atoms with Crippen molar-refractivity contribution in [2.24, 2.45) is 5.92 Å². The van der Waals surface area contributed by atoms with E-state index in [1.54, 1.807) is 12.4 Å². The average Bonchev–Trinajstić information content (AvgIpc) is 3.10. The van der Waals surface area contributed by atoms with Gasteiger partial charge >= 0.3 is 0 Å². The second-order valence-electron chi connectivity index (χ2n) is 6.05. The maximum absolute atomic E-state index is 12.3. The summed E-state index contributed by atoms with van der Waals surface area (Å²) in [6.07, 6.45) is 7.84. The van der Waals surface area contributed by atoms with Crippen molar-refractivity contribution < 1.29 is 4.79 Å². The number of aryl methyl sites for hydroxylation is 1. The predicted molar refractivity (Wildman–Crippen MR) is 75.7 cm³/mol. The second kappa shape index (κ2) is 4.31.